The molecule has 9 heteroatoms. The second-order valence-corrected chi connectivity index (χ2v) is 8.92. The summed E-state index contributed by atoms with van der Waals surface area (Å²) in [6.07, 6.45) is 13.7. The topological polar surface area (TPSA) is 98.9 Å². The Balaban J connectivity index is 1.20. The number of carbonyl (C=O) groups excluding carboxylic acids is 1. The summed E-state index contributed by atoms with van der Waals surface area (Å²) in [5.41, 5.74) is 3.81. The fraction of sp³-hybridized carbons (Fsp3) is 0.360. The standard InChI is InChI=1S/C25H25N7O2/c1-34-24(33)23-20(3-2-8-26-23)21-11-17-14-30-32(22(17)15-27-21)19-6-9-31(10-7-19)25-28-12-18(13-29-25)16-4-5-16/h2-3,8,11-16,19H,4-7,9-10H2,1H3. The van der Waals surface area contributed by atoms with Crippen molar-refractivity contribution in [2.24, 2.45) is 0 Å². The van der Waals surface area contributed by atoms with Crippen LogP contribution in [0, 0.1) is 0 Å². The maximum Gasteiger partial charge on any atom is 0.357 e. The number of nitrogens with zero attached hydrogens (tertiary/aromatic N) is 7. The molecule has 172 valence electrons. The Labute approximate surface area is 196 Å². The quantitative estimate of drug-likeness (QED) is 0.419. The number of carbonyl (C=O) groups is 1. The fourth-order valence-electron chi connectivity index (χ4n) is 4.69. The Kier molecular flexibility index (Phi) is 5.16. The van der Waals surface area contributed by atoms with Gasteiger partial charge >= 0.3 is 5.97 Å². The van der Waals surface area contributed by atoms with Crippen LogP contribution in [0.15, 0.2) is 49.2 Å². The number of pyridine rings is 2. The van der Waals surface area contributed by atoms with Gasteiger partial charge in [0.15, 0.2) is 5.69 Å². The largest absolute Gasteiger partial charge is 0.464 e. The number of ether oxygens (including phenoxy) is 1. The van der Waals surface area contributed by atoms with Crippen molar-refractivity contribution in [3.05, 3.63) is 60.4 Å². The number of fused-ring (bicyclic) bond motifs is 1. The van der Waals surface area contributed by atoms with E-state index in [1.54, 1.807) is 12.3 Å². The number of hydrogen-bond acceptors (Lipinski definition) is 8. The van der Waals surface area contributed by atoms with E-state index < -0.39 is 5.97 Å². The first-order valence-corrected chi connectivity index (χ1v) is 11.6. The van der Waals surface area contributed by atoms with E-state index in [-0.39, 0.29) is 11.7 Å². The Morgan fingerprint density at radius 1 is 1.00 bits per heavy atom. The van der Waals surface area contributed by atoms with Gasteiger partial charge in [-0.05, 0) is 55.4 Å². The highest BCUT2D eigenvalue weighted by atomic mass is 16.5. The Morgan fingerprint density at radius 2 is 1.79 bits per heavy atom. The third kappa shape index (κ3) is 3.76. The predicted octanol–water partition coefficient (Wildman–Crippen LogP) is 3.79. The molecular weight excluding hydrogens is 430 g/mol. The summed E-state index contributed by atoms with van der Waals surface area (Å²) in [5, 5.41) is 5.66. The highest BCUT2D eigenvalue weighted by Gasteiger charge is 2.27. The van der Waals surface area contributed by atoms with Crippen LogP contribution in [-0.2, 0) is 4.74 Å². The zero-order valence-electron chi connectivity index (χ0n) is 19.0. The molecule has 0 N–H and O–H groups in total. The highest BCUT2D eigenvalue weighted by molar-refractivity contribution is 5.95. The lowest BCUT2D eigenvalue weighted by atomic mass is 10.0. The lowest BCUT2D eigenvalue weighted by Gasteiger charge is -2.32. The molecule has 2 fully saturated rings. The van der Waals surface area contributed by atoms with Crippen molar-refractivity contribution in [1.29, 1.82) is 0 Å². The third-order valence-electron chi connectivity index (χ3n) is 6.74. The van der Waals surface area contributed by atoms with E-state index in [4.69, 9.17) is 4.74 Å². The monoisotopic (exact) mass is 455 g/mol. The number of anilines is 1. The minimum Gasteiger partial charge on any atom is -0.464 e. The molecule has 6 rings (SSSR count). The van der Waals surface area contributed by atoms with Gasteiger partial charge in [0.2, 0.25) is 5.95 Å². The highest BCUT2D eigenvalue weighted by Crippen LogP contribution is 2.39. The summed E-state index contributed by atoms with van der Waals surface area (Å²) in [5.74, 6) is 1.01. The molecule has 1 aliphatic carbocycles. The lowest BCUT2D eigenvalue weighted by molar-refractivity contribution is 0.0595. The first-order chi connectivity index (χ1) is 16.7. The van der Waals surface area contributed by atoms with Crippen molar-refractivity contribution in [3.8, 4) is 11.3 Å². The van der Waals surface area contributed by atoms with Crippen LogP contribution in [0.1, 0.15) is 53.7 Å². The van der Waals surface area contributed by atoms with Gasteiger partial charge in [0.1, 0.15) is 0 Å². The summed E-state index contributed by atoms with van der Waals surface area (Å²) < 4.78 is 6.94. The van der Waals surface area contributed by atoms with Crippen molar-refractivity contribution >= 4 is 22.8 Å². The molecule has 0 bridgehead atoms. The summed E-state index contributed by atoms with van der Waals surface area (Å²) in [7, 11) is 1.35. The van der Waals surface area contributed by atoms with Crippen LogP contribution in [0.4, 0.5) is 5.95 Å². The van der Waals surface area contributed by atoms with Crippen molar-refractivity contribution < 1.29 is 9.53 Å². The molecule has 4 aromatic heterocycles. The summed E-state index contributed by atoms with van der Waals surface area (Å²) in [4.78, 5) is 32.4. The average Bonchev–Trinajstić information content (AvgIpc) is 3.67. The number of methoxy groups -OCH3 is 1. The molecule has 0 radical (unpaired) electrons. The van der Waals surface area contributed by atoms with Gasteiger partial charge in [-0.3, -0.25) is 9.67 Å². The summed E-state index contributed by atoms with van der Waals surface area (Å²) >= 11 is 0. The third-order valence-corrected chi connectivity index (χ3v) is 6.74. The van der Waals surface area contributed by atoms with Crippen molar-refractivity contribution in [2.45, 2.75) is 37.6 Å². The van der Waals surface area contributed by atoms with Gasteiger partial charge in [-0.25, -0.2) is 19.7 Å². The second-order valence-electron chi connectivity index (χ2n) is 8.92. The van der Waals surface area contributed by atoms with Crippen LogP contribution in [-0.4, -0.2) is 55.9 Å². The molecule has 0 aromatic carbocycles. The molecule has 4 aromatic rings. The van der Waals surface area contributed by atoms with Crippen LogP contribution in [0.5, 0.6) is 0 Å². The number of esters is 1. The molecule has 0 atom stereocenters. The molecular formula is C25H25N7O2. The molecule has 9 nitrogen and oxygen atoms in total. The predicted molar refractivity (Wildman–Crippen MR) is 127 cm³/mol. The fourth-order valence-corrected chi connectivity index (χ4v) is 4.69. The smallest absolute Gasteiger partial charge is 0.357 e. The minimum atomic E-state index is -0.480. The first kappa shape index (κ1) is 20.7. The van der Waals surface area contributed by atoms with E-state index in [0.717, 1.165) is 42.8 Å². The van der Waals surface area contributed by atoms with Gasteiger partial charge < -0.3 is 9.64 Å². The number of hydrogen-bond donors (Lipinski definition) is 0. The van der Waals surface area contributed by atoms with E-state index in [1.807, 2.05) is 36.9 Å². The van der Waals surface area contributed by atoms with Crippen LogP contribution in [0.25, 0.3) is 22.2 Å². The van der Waals surface area contributed by atoms with E-state index >= 15 is 0 Å². The Hall–Kier alpha value is -3.88. The number of rotatable bonds is 5. The number of piperidine rings is 1. The molecule has 1 aliphatic heterocycles. The molecule has 1 saturated heterocycles. The minimum absolute atomic E-state index is 0.254. The first-order valence-electron chi connectivity index (χ1n) is 11.6. The van der Waals surface area contributed by atoms with Gasteiger partial charge in [0, 0.05) is 42.6 Å². The number of aromatic nitrogens is 6. The zero-order valence-corrected chi connectivity index (χ0v) is 19.0. The Morgan fingerprint density at radius 3 is 2.53 bits per heavy atom. The normalized spacial score (nSPS) is 16.7. The van der Waals surface area contributed by atoms with Crippen LogP contribution in [0.3, 0.4) is 0 Å². The van der Waals surface area contributed by atoms with Gasteiger partial charge in [-0.15, -0.1) is 0 Å². The zero-order chi connectivity index (χ0) is 23.1. The van der Waals surface area contributed by atoms with Crippen LogP contribution in [0.2, 0.25) is 0 Å². The lowest BCUT2D eigenvalue weighted by Crippen LogP contribution is -2.36. The van der Waals surface area contributed by atoms with Crippen molar-refractivity contribution in [1.82, 2.24) is 29.7 Å². The molecule has 0 unspecified atom stereocenters. The van der Waals surface area contributed by atoms with Crippen LogP contribution >= 0.6 is 0 Å². The van der Waals surface area contributed by atoms with Gasteiger partial charge in [0.25, 0.3) is 0 Å². The maximum absolute atomic E-state index is 12.1. The van der Waals surface area contributed by atoms with Gasteiger partial charge in [-0.1, -0.05) is 0 Å². The van der Waals surface area contributed by atoms with E-state index in [9.17, 15) is 4.79 Å². The summed E-state index contributed by atoms with van der Waals surface area (Å²) in [6.45, 7) is 1.77. The maximum atomic E-state index is 12.1. The molecule has 0 amide bonds. The van der Waals surface area contributed by atoms with Gasteiger partial charge in [-0.2, -0.15) is 5.10 Å². The van der Waals surface area contributed by atoms with Gasteiger partial charge in [0.05, 0.1) is 36.8 Å². The average molecular weight is 456 g/mol. The Bertz CT molecular complexity index is 1340. The molecule has 1 saturated carbocycles. The molecule has 5 heterocycles. The summed E-state index contributed by atoms with van der Waals surface area (Å²) in [6, 6.07) is 5.85. The SMILES string of the molecule is COC(=O)c1ncccc1-c1cc2cnn(C3CCN(c4ncc(C5CC5)cn4)CC3)c2cn1. The molecule has 34 heavy (non-hydrogen) atoms. The van der Waals surface area contributed by atoms with E-state index in [2.05, 4.69) is 34.6 Å². The van der Waals surface area contributed by atoms with Crippen LogP contribution < -0.4 is 4.90 Å². The molecule has 0 spiro atoms. The van der Waals surface area contributed by atoms with E-state index in [1.165, 1.54) is 25.5 Å². The van der Waals surface area contributed by atoms with E-state index in [0.29, 0.717) is 17.2 Å². The second kappa shape index (κ2) is 8.48. The van der Waals surface area contributed by atoms with Crippen molar-refractivity contribution in [2.75, 3.05) is 25.1 Å². The molecule has 2 aliphatic rings. The van der Waals surface area contributed by atoms with Crippen molar-refractivity contribution in [3.63, 3.8) is 0 Å².